The van der Waals surface area contributed by atoms with Gasteiger partial charge in [-0.3, -0.25) is 0 Å². The van der Waals surface area contributed by atoms with Crippen LogP contribution in [0.25, 0.3) is 86.9 Å². The first kappa shape index (κ1) is 24.8. The van der Waals surface area contributed by atoms with E-state index in [2.05, 4.69) is 84.9 Å². The van der Waals surface area contributed by atoms with Gasteiger partial charge in [0.1, 0.15) is 11.5 Å². The highest BCUT2D eigenvalue weighted by Gasteiger charge is 2.26. The average Bonchev–Trinajstić information content (AvgIpc) is 3.07. The molecule has 9 aromatic carbocycles. The number of benzene rings is 9. The Hall–Kier alpha value is -5.74. The normalized spacial score (nSPS) is 12.0. The van der Waals surface area contributed by atoms with E-state index in [1.54, 1.807) is 14.2 Å². The van der Waals surface area contributed by atoms with Crippen molar-refractivity contribution in [3.05, 3.63) is 109 Å². The topological polar surface area (TPSA) is 70.5 Å². The number of fused-ring (bicyclic) bond motifs is 4. The molecule has 0 aliphatic heterocycles. The summed E-state index contributed by atoms with van der Waals surface area (Å²) in [4.78, 5) is 0. The summed E-state index contributed by atoms with van der Waals surface area (Å²) in [5, 5.41) is 14.2. The van der Waals surface area contributed by atoms with Crippen LogP contribution in [0.1, 0.15) is 0 Å². The zero-order valence-electron chi connectivity index (χ0n) is 24.4. The smallest absolute Gasteiger partial charge is 0.127 e. The van der Waals surface area contributed by atoms with Gasteiger partial charge in [0, 0.05) is 32.9 Å². The zero-order chi connectivity index (χ0) is 29.7. The summed E-state index contributed by atoms with van der Waals surface area (Å²) in [5.74, 6) is 1.65. The predicted octanol–water partition coefficient (Wildman–Crippen LogP) is 10.00. The fourth-order valence-corrected chi connectivity index (χ4v) is 7.53. The lowest BCUT2D eigenvalue weighted by molar-refractivity contribution is 0.416. The van der Waals surface area contributed by atoms with Gasteiger partial charge in [0.05, 0.1) is 14.2 Å². The predicted molar refractivity (Wildman–Crippen MR) is 187 cm³/mol. The van der Waals surface area contributed by atoms with Crippen LogP contribution in [0, 0.1) is 0 Å². The van der Waals surface area contributed by atoms with Crippen molar-refractivity contribution < 1.29 is 9.47 Å². The fourth-order valence-electron chi connectivity index (χ4n) is 7.53. The van der Waals surface area contributed by atoms with Crippen molar-refractivity contribution in [3.8, 4) is 33.8 Å². The van der Waals surface area contributed by atoms with Crippen LogP contribution in [0.4, 0.5) is 11.4 Å². The van der Waals surface area contributed by atoms with Crippen molar-refractivity contribution in [2.45, 2.75) is 0 Å². The van der Waals surface area contributed by atoms with Crippen molar-refractivity contribution in [1.29, 1.82) is 0 Å². The first-order chi connectivity index (χ1) is 21.6. The van der Waals surface area contributed by atoms with Crippen LogP contribution in [-0.4, -0.2) is 14.2 Å². The lowest BCUT2D eigenvalue weighted by Gasteiger charge is -2.25. The minimum atomic E-state index is 0.747. The summed E-state index contributed by atoms with van der Waals surface area (Å²) < 4.78 is 12.3. The third kappa shape index (κ3) is 3.17. The molecule has 9 rings (SSSR count). The van der Waals surface area contributed by atoms with Crippen molar-refractivity contribution >= 4 is 76.0 Å². The highest BCUT2D eigenvalue weighted by Crippen LogP contribution is 2.55. The Balaban J connectivity index is 1.63. The number of hydrogen-bond acceptors (Lipinski definition) is 4. The van der Waals surface area contributed by atoms with Crippen molar-refractivity contribution in [2.24, 2.45) is 0 Å². The molecular weight excluding hydrogens is 540 g/mol. The lowest BCUT2D eigenvalue weighted by atomic mass is 9.79. The van der Waals surface area contributed by atoms with Gasteiger partial charge < -0.3 is 20.9 Å². The summed E-state index contributed by atoms with van der Waals surface area (Å²) in [5.41, 5.74) is 18.3. The zero-order valence-corrected chi connectivity index (χ0v) is 24.4. The molecule has 44 heavy (non-hydrogen) atoms. The van der Waals surface area contributed by atoms with Gasteiger partial charge in [0.15, 0.2) is 0 Å². The Morgan fingerprint density at radius 3 is 1.16 bits per heavy atom. The SMILES string of the molecule is COc1ccc2c(-c3ccc(N)cc3)cc3c4ccccc4c4cc(-c5ccc(N)cc5)c5ccc(OC)c6c1c2c3c4c56. The van der Waals surface area contributed by atoms with E-state index in [0.717, 1.165) is 55.9 Å². The lowest BCUT2D eigenvalue weighted by Crippen LogP contribution is -1.98. The summed E-state index contributed by atoms with van der Waals surface area (Å²) in [6.45, 7) is 0. The second-order valence-electron chi connectivity index (χ2n) is 11.6. The molecule has 0 radical (unpaired) electrons. The number of anilines is 2. The van der Waals surface area contributed by atoms with Gasteiger partial charge in [-0.2, -0.15) is 0 Å². The van der Waals surface area contributed by atoms with E-state index < -0.39 is 0 Å². The van der Waals surface area contributed by atoms with Gasteiger partial charge in [-0.25, -0.2) is 0 Å². The monoisotopic (exact) mass is 568 g/mol. The maximum absolute atomic E-state index is 6.14. The Labute approximate surface area is 253 Å². The third-order valence-corrected chi connectivity index (χ3v) is 9.42. The van der Waals surface area contributed by atoms with E-state index in [9.17, 15) is 0 Å². The maximum atomic E-state index is 6.14. The van der Waals surface area contributed by atoms with Gasteiger partial charge in [-0.15, -0.1) is 0 Å². The fraction of sp³-hybridized carbons (Fsp3) is 0.0500. The molecule has 0 amide bonds. The van der Waals surface area contributed by atoms with Gasteiger partial charge in [0.25, 0.3) is 0 Å². The van der Waals surface area contributed by atoms with Crippen molar-refractivity contribution in [1.82, 2.24) is 0 Å². The van der Waals surface area contributed by atoms with Crippen LogP contribution in [0.3, 0.4) is 0 Å². The molecule has 0 unspecified atom stereocenters. The molecule has 4 heteroatoms. The average molecular weight is 569 g/mol. The van der Waals surface area contributed by atoms with Gasteiger partial charge >= 0.3 is 0 Å². The highest BCUT2D eigenvalue weighted by atomic mass is 16.5. The largest absolute Gasteiger partial charge is 0.496 e. The molecule has 0 bridgehead atoms. The van der Waals surface area contributed by atoms with Gasteiger partial charge in [-0.05, 0) is 114 Å². The highest BCUT2D eigenvalue weighted by molar-refractivity contribution is 6.47. The molecule has 0 fully saturated rings. The quantitative estimate of drug-likeness (QED) is 0.126. The molecule has 0 aliphatic rings. The molecule has 4 N–H and O–H groups in total. The van der Waals surface area contributed by atoms with E-state index >= 15 is 0 Å². The second-order valence-corrected chi connectivity index (χ2v) is 11.6. The minimum absolute atomic E-state index is 0.747. The standard InChI is InChI=1S/C40H28N2O2/c1-43-33-17-15-27-29(21-7-11-23(41)12-8-21)19-31-25-5-3-4-6-26(25)32-20-30(22-9-13-24(42)14-10-22)28-16-18-34(44-2)40-36(28)38(32)37(31)35(27)39(33)40/h3-20H,41-42H2,1-2H3. The van der Waals surface area contributed by atoms with Crippen LogP contribution >= 0.6 is 0 Å². The van der Waals surface area contributed by atoms with E-state index in [1.807, 2.05) is 24.3 Å². The Bertz CT molecular complexity index is 2390. The van der Waals surface area contributed by atoms with E-state index in [-0.39, 0.29) is 0 Å². The van der Waals surface area contributed by atoms with Crippen molar-refractivity contribution in [3.63, 3.8) is 0 Å². The van der Waals surface area contributed by atoms with Gasteiger partial charge in [-0.1, -0.05) is 60.7 Å². The molecule has 0 heterocycles. The Morgan fingerprint density at radius 1 is 0.386 bits per heavy atom. The molecule has 9 aromatic rings. The van der Waals surface area contributed by atoms with Crippen LogP contribution in [0.2, 0.25) is 0 Å². The minimum Gasteiger partial charge on any atom is -0.496 e. The Kier molecular flexibility index (Phi) is 5.01. The molecule has 210 valence electrons. The van der Waals surface area contributed by atoms with Crippen LogP contribution in [0.5, 0.6) is 11.5 Å². The molecular formula is C40H28N2O2. The van der Waals surface area contributed by atoms with Crippen LogP contribution in [0.15, 0.2) is 109 Å². The van der Waals surface area contributed by atoms with E-state index in [4.69, 9.17) is 20.9 Å². The number of ether oxygens (including phenoxy) is 2. The van der Waals surface area contributed by atoms with Crippen molar-refractivity contribution in [2.75, 3.05) is 25.7 Å². The molecule has 0 aliphatic carbocycles. The van der Waals surface area contributed by atoms with Crippen LogP contribution in [-0.2, 0) is 0 Å². The molecule has 0 spiro atoms. The molecule has 0 aromatic heterocycles. The molecule has 0 atom stereocenters. The summed E-state index contributed by atoms with van der Waals surface area (Å²) in [6.07, 6.45) is 0. The summed E-state index contributed by atoms with van der Waals surface area (Å²) in [7, 11) is 3.50. The van der Waals surface area contributed by atoms with E-state index in [1.165, 1.54) is 53.9 Å². The van der Waals surface area contributed by atoms with E-state index in [0.29, 0.717) is 0 Å². The first-order valence-corrected chi connectivity index (χ1v) is 14.7. The first-order valence-electron chi connectivity index (χ1n) is 14.7. The molecule has 4 nitrogen and oxygen atoms in total. The maximum Gasteiger partial charge on any atom is 0.127 e. The number of rotatable bonds is 4. The summed E-state index contributed by atoms with van der Waals surface area (Å²) >= 11 is 0. The second kappa shape index (κ2) is 8.88. The van der Waals surface area contributed by atoms with Crippen LogP contribution < -0.4 is 20.9 Å². The summed E-state index contributed by atoms with van der Waals surface area (Å²) in [6, 6.07) is 38.4. The number of nitrogen functional groups attached to an aromatic ring is 2. The number of hydrogen-bond donors (Lipinski definition) is 2. The number of methoxy groups -OCH3 is 2. The Morgan fingerprint density at radius 2 is 0.773 bits per heavy atom. The molecule has 0 saturated carbocycles. The number of nitrogens with two attached hydrogens (primary N) is 2. The van der Waals surface area contributed by atoms with Gasteiger partial charge in [0.2, 0.25) is 0 Å². The third-order valence-electron chi connectivity index (χ3n) is 9.42. The molecule has 0 saturated heterocycles.